The Bertz CT molecular complexity index is 761. The smallest absolute Gasteiger partial charge is 0.327 e. The fourth-order valence-corrected chi connectivity index (χ4v) is 2.91. The van der Waals surface area contributed by atoms with E-state index in [4.69, 9.17) is 27.4 Å². The number of rotatable bonds is 16. The van der Waals surface area contributed by atoms with E-state index in [2.05, 4.69) is 33.6 Å². The van der Waals surface area contributed by atoms with Crippen LogP contribution >= 0.6 is 12.6 Å². The van der Waals surface area contributed by atoms with Crippen molar-refractivity contribution in [3.8, 4) is 0 Å². The summed E-state index contributed by atoms with van der Waals surface area (Å²) in [7, 11) is 0. The highest BCUT2D eigenvalue weighted by molar-refractivity contribution is 7.80. The Hall–Kier alpha value is -3.07. The molecule has 11 N–H and O–H groups in total. The Balaban J connectivity index is 5.58. The van der Waals surface area contributed by atoms with E-state index in [1.54, 1.807) is 6.92 Å². The zero-order chi connectivity index (χ0) is 26.4. The van der Waals surface area contributed by atoms with Crippen LogP contribution in [0.5, 0.6) is 0 Å². The molecule has 15 heteroatoms. The summed E-state index contributed by atoms with van der Waals surface area (Å²) in [5.41, 5.74) is 16.5. The van der Waals surface area contributed by atoms with Crippen LogP contribution in [0, 0.1) is 5.92 Å². The Morgan fingerprint density at radius 1 is 0.941 bits per heavy atom. The van der Waals surface area contributed by atoms with Crippen molar-refractivity contribution in [3.63, 3.8) is 0 Å². The Kier molecular flexibility index (Phi) is 14.3. The van der Waals surface area contributed by atoms with Crippen LogP contribution in [-0.4, -0.2) is 82.3 Å². The first kappa shape index (κ1) is 30.9. The lowest BCUT2D eigenvalue weighted by Crippen LogP contribution is -2.58. The van der Waals surface area contributed by atoms with Crippen LogP contribution in [-0.2, 0) is 24.0 Å². The van der Waals surface area contributed by atoms with Crippen LogP contribution in [0.3, 0.4) is 0 Å². The van der Waals surface area contributed by atoms with E-state index in [-0.39, 0.29) is 37.0 Å². The van der Waals surface area contributed by atoms with Gasteiger partial charge in [-0.3, -0.25) is 24.2 Å². The van der Waals surface area contributed by atoms with Crippen molar-refractivity contribution in [2.45, 2.75) is 63.7 Å². The number of hydrogen-bond donors (Lipinski definition) is 9. The molecule has 34 heavy (non-hydrogen) atoms. The maximum absolute atomic E-state index is 12.9. The average molecular weight is 506 g/mol. The third kappa shape index (κ3) is 11.7. The van der Waals surface area contributed by atoms with E-state index in [1.165, 1.54) is 0 Å². The second-order valence-electron chi connectivity index (χ2n) is 7.66. The molecule has 0 saturated heterocycles. The van der Waals surface area contributed by atoms with Crippen molar-refractivity contribution < 1.29 is 34.2 Å². The number of amides is 3. The first-order valence-electron chi connectivity index (χ1n) is 10.6. The van der Waals surface area contributed by atoms with Gasteiger partial charge in [-0.1, -0.05) is 20.3 Å². The van der Waals surface area contributed by atoms with E-state index in [0.717, 1.165) is 0 Å². The summed E-state index contributed by atoms with van der Waals surface area (Å²) in [5, 5.41) is 25.1. The molecule has 0 aliphatic rings. The molecule has 0 aromatic rings. The minimum absolute atomic E-state index is 0.0530. The van der Waals surface area contributed by atoms with Crippen molar-refractivity contribution in [2.75, 3.05) is 12.3 Å². The molecule has 0 bridgehead atoms. The van der Waals surface area contributed by atoms with Gasteiger partial charge in [0.25, 0.3) is 0 Å². The largest absolute Gasteiger partial charge is 0.481 e. The summed E-state index contributed by atoms with van der Waals surface area (Å²) >= 11 is 3.83. The van der Waals surface area contributed by atoms with Gasteiger partial charge in [0.2, 0.25) is 17.7 Å². The van der Waals surface area contributed by atoms with Gasteiger partial charge in [0.1, 0.15) is 18.1 Å². The topological polar surface area (TPSA) is 252 Å². The number of hydrogen-bond acceptors (Lipinski definition) is 8. The predicted molar refractivity (Wildman–Crippen MR) is 127 cm³/mol. The average Bonchev–Trinajstić information content (AvgIpc) is 2.76. The molecule has 0 spiro atoms. The number of carboxylic acid groups (broad SMARTS) is 2. The summed E-state index contributed by atoms with van der Waals surface area (Å²) in [6, 6.07) is -5.08. The Morgan fingerprint density at radius 3 is 1.94 bits per heavy atom. The standard InChI is InChI=1S/C19H35N7O7S/c1-3-9(2)14(20)17(31)24-10(5-4-6-23-19(21)22)15(29)25-11(7-13(27)28)16(30)26-12(8-34)18(32)33/h9-12,14,34H,3-8,20H2,1-2H3,(H,24,31)(H,25,29)(H,26,30)(H,27,28)(H,32,33)(H4,21,22,23). The minimum Gasteiger partial charge on any atom is -0.481 e. The third-order valence-electron chi connectivity index (χ3n) is 4.95. The zero-order valence-electron chi connectivity index (χ0n) is 19.2. The van der Waals surface area contributed by atoms with Gasteiger partial charge in [-0.15, -0.1) is 0 Å². The molecule has 5 unspecified atom stereocenters. The van der Waals surface area contributed by atoms with Crippen LogP contribution in [0.15, 0.2) is 4.99 Å². The maximum Gasteiger partial charge on any atom is 0.327 e. The van der Waals surface area contributed by atoms with E-state index < -0.39 is 60.2 Å². The van der Waals surface area contributed by atoms with Gasteiger partial charge >= 0.3 is 11.9 Å². The number of nitrogens with zero attached hydrogens (tertiary/aromatic N) is 1. The molecule has 5 atom stereocenters. The predicted octanol–water partition coefficient (Wildman–Crippen LogP) is -2.64. The second kappa shape index (κ2) is 15.7. The van der Waals surface area contributed by atoms with Crippen molar-refractivity contribution in [2.24, 2.45) is 28.1 Å². The van der Waals surface area contributed by atoms with Crippen LogP contribution in [0.2, 0.25) is 0 Å². The van der Waals surface area contributed by atoms with E-state index in [1.807, 2.05) is 6.92 Å². The molecule has 0 heterocycles. The van der Waals surface area contributed by atoms with Gasteiger partial charge in [-0.05, 0) is 18.8 Å². The molecule has 0 aromatic heterocycles. The van der Waals surface area contributed by atoms with Gasteiger partial charge in [-0.2, -0.15) is 12.6 Å². The molecule has 0 aliphatic carbocycles. The van der Waals surface area contributed by atoms with Crippen molar-refractivity contribution in [1.29, 1.82) is 0 Å². The lowest BCUT2D eigenvalue weighted by molar-refractivity contribution is -0.143. The van der Waals surface area contributed by atoms with Crippen LogP contribution < -0.4 is 33.2 Å². The fraction of sp³-hybridized carbons (Fsp3) is 0.684. The summed E-state index contributed by atoms with van der Waals surface area (Å²) < 4.78 is 0. The molecule has 194 valence electrons. The highest BCUT2D eigenvalue weighted by Gasteiger charge is 2.31. The molecule has 0 saturated carbocycles. The number of carbonyl (C=O) groups is 5. The summed E-state index contributed by atoms with van der Waals surface area (Å²) in [4.78, 5) is 64.0. The summed E-state index contributed by atoms with van der Waals surface area (Å²) in [6.07, 6.45) is 0.118. The number of carboxylic acids is 2. The highest BCUT2D eigenvalue weighted by atomic mass is 32.1. The molecule has 0 fully saturated rings. The van der Waals surface area contributed by atoms with Crippen molar-refractivity contribution in [3.05, 3.63) is 0 Å². The lowest BCUT2D eigenvalue weighted by atomic mass is 9.98. The molecule has 0 aliphatic heterocycles. The molecule has 0 radical (unpaired) electrons. The number of aliphatic imine (C=N–C) groups is 1. The molecule has 0 rings (SSSR count). The van der Waals surface area contributed by atoms with Gasteiger partial charge < -0.3 is 43.4 Å². The normalized spacial score (nSPS) is 15.1. The first-order valence-corrected chi connectivity index (χ1v) is 11.2. The van der Waals surface area contributed by atoms with E-state index >= 15 is 0 Å². The second-order valence-corrected chi connectivity index (χ2v) is 8.03. The van der Waals surface area contributed by atoms with Crippen LogP contribution in [0.1, 0.15) is 39.5 Å². The Morgan fingerprint density at radius 2 is 1.47 bits per heavy atom. The quantitative estimate of drug-likeness (QED) is 0.0456. The zero-order valence-corrected chi connectivity index (χ0v) is 20.1. The number of aliphatic carboxylic acids is 2. The number of nitrogens with one attached hydrogen (secondary N) is 3. The van der Waals surface area contributed by atoms with Gasteiger partial charge in [0.15, 0.2) is 5.96 Å². The number of guanidine groups is 1. The maximum atomic E-state index is 12.9. The van der Waals surface area contributed by atoms with Gasteiger partial charge in [0, 0.05) is 12.3 Å². The van der Waals surface area contributed by atoms with Gasteiger partial charge in [-0.25, -0.2) is 4.79 Å². The van der Waals surface area contributed by atoms with Crippen LogP contribution in [0.25, 0.3) is 0 Å². The van der Waals surface area contributed by atoms with E-state index in [0.29, 0.717) is 6.42 Å². The Labute approximate surface area is 202 Å². The molecule has 0 aromatic carbocycles. The van der Waals surface area contributed by atoms with Gasteiger partial charge in [0.05, 0.1) is 12.5 Å². The monoisotopic (exact) mass is 505 g/mol. The lowest BCUT2D eigenvalue weighted by Gasteiger charge is -2.25. The third-order valence-corrected chi connectivity index (χ3v) is 5.31. The highest BCUT2D eigenvalue weighted by Crippen LogP contribution is 2.08. The minimum atomic E-state index is -1.60. The number of nitrogens with two attached hydrogens (primary N) is 3. The molecular weight excluding hydrogens is 470 g/mol. The number of thiol groups is 1. The first-order chi connectivity index (χ1) is 15.8. The fourth-order valence-electron chi connectivity index (χ4n) is 2.67. The van der Waals surface area contributed by atoms with E-state index in [9.17, 15) is 24.0 Å². The molecular formula is C19H35N7O7S. The molecule has 14 nitrogen and oxygen atoms in total. The number of carbonyl (C=O) groups excluding carboxylic acids is 3. The summed E-state index contributed by atoms with van der Waals surface area (Å²) in [5.74, 6) is -5.86. The van der Waals surface area contributed by atoms with Crippen molar-refractivity contribution >= 4 is 48.2 Å². The SMILES string of the molecule is CCC(C)C(N)C(=O)NC(CCCN=C(N)N)C(=O)NC(CC(=O)O)C(=O)NC(CS)C(=O)O. The van der Waals surface area contributed by atoms with Crippen LogP contribution in [0.4, 0.5) is 0 Å². The summed E-state index contributed by atoms with van der Waals surface area (Å²) in [6.45, 7) is 3.77. The molecule has 3 amide bonds. The van der Waals surface area contributed by atoms with Crippen molar-refractivity contribution in [1.82, 2.24) is 16.0 Å².